The standard InChI is InChI=1S/C41H51N9O9S/c1-40(53)8-5-27(6-9-40)24-43-37-34(50(54)55)21-32(26-45-37)60(56,57)46-38(51)33-4-3-29(20-35(33)59-31-19-28-7-12-42-36(28)44-25-31)47-13-10-41(11-14-47)22-30(23-41)48-15-17-49(18-16-48)39(52)58-2/h3-4,7,12,19-21,25-27,30,53H,5-6,8-11,13-18,22-24H2,1-2H3,(H,42,44)(H,43,45)(H,46,51)/t27-,40-. The number of rotatable bonds is 11. The number of H-pyrrole nitrogens is 1. The summed E-state index contributed by atoms with van der Waals surface area (Å²) in [7, 11) is -3.22. The number of fused-ring (bicyclic) bond motifs is 1. The minimum Gasteiger partial charge on any atom is -0.455 e. The number of pyridine rings is 2. The quantitative estimate of drug-likeness (QED) is 0.112. The number of aliphatic hydroxyl groups is 1. The highest BCUT2D eigenvalue weighted by Crippen LogP contribution is 2.51. The Morgan fingerprint density at radius 3 is 2.43 bits per heavy atom. The van der Waals surface area contributed by atoms with Crippen LogP contribution in [-0.4, -0.2) is 120 Å². The number of nitrogens with zero attached hydrogens (tertiary/aromatic N) is 6. The molecule has 1 aromatic carbocycles. The van der Waals surface area contributed by atoms with E-state index in [4.69, 9.17) is 9.47 Å². The minimum atomic E-state index is -4.63. The highest BCUT2D eigenvalue weighted by atomic mass is 32.2. The number of aromatic nitrogens is 3. The molecule has 8 rings (SSSR count). The molecule has 3 aromatic heterocycles. The third-order valence-electron chi connectivity index (χ3n) is 12.9. The first-order valence-electron chi connectivity index (χ1n) is 20.4. The van der Waals surface area contributed by atoms with Crippen molar-refractivity contribution in [2.45, 2.75) is 74.8 Å². The number of nitro groups is 1. The lowest BCUT2D eigenvalue weighted by molar-refractivity contribution is -0.384. The monoisotopic (exact) mass is 845 g/mol. The Hall–Kier alpha value is -5.53. The first kappa shape index (κ1) is 41.2. The van der Waals surface area contributed by atoms with Crippen LogP contribution in [-0.2, 0) is 14.8 Å². The molecule has 0 atom stereocenters. The fraction of sp³-hybridized carbons (Fsp3) is 0.512. The average molecular weight is 846 g/mol. The van der Waals surface area contributed by atoms with Crippen LogP contribution < -0.4 is 19.7 Å². The van der Waals surface area contributed by atoms with E-state index in [1.165, 1.54) is 19.4 Å². The molecule has 2 amide bonds. The number of hydrogen-bond acceptors (Lipinski definition) is 14. The van der Waals surface area contributed by atoms with Crippen LogP contribution in [0.5, 0.6) is 11.5 Å². The van der Waals surface area contributed by atoms with E-state index < -0.39 is 37.0 Å². The zero-order valence-electron chi connectivity index (χ0n) is 33.8. The lowest BCUT2D eigenvalue weighted by Gasteiger charge is -2.56. The Kier molecular flexibility index (Phi) is 11.3. The van der Waals surface area contributed by atoms with Crippen LogP contribution in [0.15, 0.2) is 59.9 Å². The van der Waals surface area contributed by atoms with Crippen LogP contribution in [0.1, 0.15) is 68.6 Å². The summed E-state index contributed by atoms with van der Waals surface area (Å²) >= 11 is 0. The van der Waals surface area contributed by atoms with Crippen LogP contribution in [0.2, 0.25) is 0 Å². The number of piperidine rings is 1. The molecule has 18 nitrogen and oxygen atoms in total. The van der Waals surface area contributed by atoms with Crippen LogP contribution >= 0.6 is 0 Å². The number of hydrogen-bond donors (Lipinski definition) is 4. The van der Waals surface area contributed by atoms with Gasteiger partial charge in [-0.3, -0.25) is 19.8 Å². The van der Waals surface area contributed by atoms with Crippen LogP contribution in [0.25, 0.3) is 11.0 Å². The van der Waals surface area contributed by atoms with Crippen molar-refractivity contribution in [3.63, 3.8) is 0 Å². The van der Waals surface area contributed by atoms with Gasteiger partial charge in [-0.1, -0.05) is 0 Å². The van der Waals surface area contributed by atoms with Crippen molar-refractivity contribution < 1.29 is 37.5 Å². The van der Waals surface area contributed by atoms with Gasteiger partial charge in [-0.05, 0) is 93.9 Å². The number of carbonyl (C=O) groups excluding carboxylic acids is 2. The lowest BCUT2D eigenvalue weighted by Crippen LogP contribution is -2.59. The van der Waals surface area contributed by atoms with Gasteiger partial charge < -0.3 is 34.7 Å². The average Bonchev–Trinajstić information content (AvgIpc) is 3.70. The van der Waals surface area contributed by atoms with Crippen molar-refractivity contribution >= 4 is 50.2 Å². The molecular formula is C41H51N9O9S. The largest absolute Gasteiger partial charge is 0.455 e. The Labute approximate surface area is 347 Å². The molecule has 4 aliphatic rings. The third-order valence-corrected chi connectivity index (χ3v) is 14.2. The van der Waals surface area contributed by atoms with E-state index in [1.54, 1.807) is 36.2 Å². The molecule has 2 aliphatic carbocycles. The number of methoxy groups -OCH3 is 1. The van der Waals surface area contributed by atoms with Crippen molar-refractivity contribution in [3.8, 4) is 11.5 Å². The molecule has 4 aromatic rings. The molecule has 2 saturated carbocycles. The Morgan fingerprint density at radius 2 is 1.73 bits per heavy atom. The second-order valence-electron chi connectivity index (χ2n) is 17.0. The summed E-state index contributed by atoms with van der Waals surface area (Å²) in [6.07, 6.45) is 10.9. The van der Waals surface area contributed by atoms with Crippen molar-refractivity contribution in [1.29, 1.82) is 0 Å². The molecule has 2 aliphatic heterocycles. The molecule has 0 unspecified atom stereocenters. The van der Waals surface area contributed by atoms with Crippen LogP contribution in [0, 0.1) is 21.4 Å². The van der Waals surface area contributed by atoms with E-state index in [2.05, 4.69) is 34.8 Å². The van der Waals surface area contributed by atoms with Crippen molar-refractivity contribution in [1.82, 2.24) is 29.5 Å². The predicted molar refractivity (Wildman–Crippen MR) is 222 cm³/mol. The summed E-state index contributed by atoms with van der Waals surface area (Å²) < 4.78 is 40.5. The molecule has 4 fully saturated rings. The van der Waals surface area contributed by atoms with Gasteiger partial charge in [0.1, 0.15) is 22.0 Å². The smallest absolute Gasteiger partial charge is 0.409 e. The first-order chi connectivity index (χ1) is 28.7. The van der Waals surface area contributed by atoms with E-state index in [0.29, 0.717) is 49.9 Å². The van der Waals surface area contributed by atoms with Gasteiger partial charge in [-0.15, -0.1) is 0 Å². The molecular weight excluding hydrogens is 795 g/mol. The molecule has 60 heavy (non-hydrogen) atoms. The molecule has 5 heterocycles. The zero-order valence-corrected chi connectivity index (χ0v) is 34.6. The summed E-state index contributed by atoms with van der Waals surface area (Å²) in [6.45, 7) is 6.76. The second kappa shape index (κ2) is 16.5. The fourth-order valence-electron chi connectivity index (χ4n) is 9.16. The van der Waals surface area contributed by atoms with Gasteiger partial charge in [0.25, 0.3) is 15.9 Å². The molecule has 0 bridgehead atoms. The minimum absolute atomic E-state index is 0.0636. The molecule has 0 radical (unpaired) electrons. The number of sulfonamides is 1. The number of amides is 2. The van der Waals surface area contributed by atoms with Crippen molar-refractivity contribution in [2.75, 3.05) is 63.1 Å². The maximum atomic E-state index is 13.9. The molecule has 2 saturated heterocycles. The molecule has 1 spiro atoms. The molecule has 19 heteroatoms. The Balaban J connectivity index is 0.956. The van der Waals surface area contributed by atoms with Gasteiger partial charge in [0.15, 0.2) is 0 Å². The maximum Gasteiger partial charge on any atom is 0.409 e. The van der Waals surface area contributed by atoms with Crippen LogP contribution in [0.3, 0.4) is 0 Å². The number of piperazine rings is 1. The van der Waals surface area contributed by atoms with Gasteiger partial charge in [0.05, 0.1) is 35.6 Å². The van der Waals surface area contributed by atoms with Crippen LogP contribution in [0.4, 0.5) is 22.0 Å². The third kappa shape index (κ3) is 8.83. The number of nitrogens with one attached hydrogen (secondary N) is 3. The fourth-order valence-corrected chi connectivity index (χ4v) is 10.1. The zero-order chi connectivity index (χ0) is 42.2. The van der Waals surface area contributed by atoms with E-state index >= 15 is 0 Å². The predicted octanol–water partition coefficient (Wildman–Crippen LogP) is 5.26. The lowest BCUT2D eigenvalue weighted by atomic mass is 9.60. The summed E-state index contributed by atoms with van der Waals surface area (Å²) in [4.78, 5) is 54.6. The topological polar surface area (TPSA) is 225 Å². The van der Waals surface area contributed by atoms with Gasteiger partial charge in [-0.2, -0.15) is 0 Å². The van der Waals surface area contributed by atoms with Crippen molar-refractivity contribution in [3.05, 3.63) is 70.7 Å². The number of benzene rings is 1. The number of carbonyl (C=O) groups is 2. The number of aromatic amines is 1. The van der Waals surface area contributed by atoms with Gasteiger partial charge >= 0.3 is 11.8 Å². The van der Waals surface area contributed by atoms with E-state index in [9.17, 15) is 33.2 Å². The van der Waals surface area contributed by atoms with Crippen molar-refractivity contribution in [2.24, 2.45) is 11.3 Å². The Bertz CT molecular complexity index is 2360. The molecule has 4 N–H and O–H groups in total. The van der Waals surface area contributed by atoms with Gasteiger partial charge in [-0.25, -0.2) is 27.9 Å². The summed E-state index contributed by atoms with van der Waals surface area (Å²) in [6, 6.07) is 9.99. The molecule has 320 valence electrons. The van der Waals surface area contributed by atoms with E-state index in [1.807, 2.05) is 6.07 Å². The number of ether oxygens (including phenoxy) is 2. The SMILES string of the molecule is COC(=O)N1CCN(C2CC3(CCN(c4ccc(C(=O)NS(=O)(=O)c5cnc(NC[C@H]6CC[C@](C)(O)CC6)c([N+](=O)[O-])c5)c(Oc5cnc6[nH]ccc6c5)c4)CC3)C2)CC1. The summed E-state index contributed by atoms with van der Waals surface area (Å²) in [5.41, 5.74) is 0.376. The normalized spacial score (nSPS) is 22.3. The highest BCUT2D eigenvalue weighted by Gasteiger charge is 2.48. The summed E-state index contributed by atoms with van der Waals surface area (Å²) in [5, 5.41) is 26.1. The van der Waals surface area contributed by atoms with Gasteiger partial charge in [0.2, 0.25) is 5.82 Å². The first-order valence-corrected chi connectivity index (χ1v) is 21.9. The number of anilines is 2. The maximum absolute atomic E-state index is 13.9. The van der Waals surface area contributed by atoms with E-state index in [-0.39, 0.29) is 34.6 Å². The second-order valence-corrected chi connectivity index (χ2v) is 18.6. The van der Waals surface area contributed by atoms with Gasteiger partial charge in [0, 0.05) is 81.3 Å². The Morgan fingerprint density at radius 1 is 1.00 bits per heavy atom. The van der Waals surface area contributed by atoms with E-state index in [0.717, 1.165) is 88.0 Å². The summed E-state index contributed by atoms with van der Waals surface area (Å²) in [5.74, 6) is -0.466. The highest BCUT2D eigenvalue weighted by molar-refractivity contribution is 7.90.